The number of fused-ring (bicyclic) bond motifs is 1. The molecular formula is C30H27N3O3S. The first-order valence-corrected chi connectivity index (χ1v) is 13.0. The van der Waals surface area contributed by atoms with E-state index in [1.54, 1.807) is 6.33 Å². The summed E-state index contributed by atoms with van der Waals surface area (Å²) in [5.41, 5.74) is 6.08. The number of rotatable bonds is 8. The number of anilines is 1. The van der Waals surface area contributed by atoms with Gasteiger partial charge >= 0.3 is 6.16 Å². The second-order valence-corrected chi connectivity index (χ2v) is 10.1. The molecule has 0 spiro atoms. The Bertz CT molecular complexity index is 1550. The SMILES string of the molecule is CC(C)Nc1ncnc2ccc(-c3cccc(Cc4scc(Cc5ccccc5)c4OC(=O)O)c3)cc12. The van der Waals surface area contributed by atoms with E-state index in [9.17, 15) is 9.90 Å². The molecule has 2 aromatic heterocycles. The Labute approximate surface area is 219 Å². The number of hydrogen-bond donors (Lipinski definition) is 2. The predicted octanol–water partition coefficient (Wildman–Crippen LogP) is 7.42. The number of nitrogens with zero attached hydrogens (tertiary/aromatic N) is 2. The fraction of sp³-hybridized carbons (Fsp3) is 0.167. The standard InChI is InChI=1S/C30H27N3O3S/c1-19(2)33-29-25-16-23(11-12-26(25)31-18-32-29)22-10-6-9-21(14-22)15-27-28(36-30(34)35)24(17-37-27)13-20-7-4-3-5-8-20/h3-12,14,16-19H,13,15H2,1-2H3,(H,34,35)(H,31,32,33). The lowest BCUT2D eigenvalue weighted by molar-refractivity contribution is 0.144. The van der Waals surface area contributed by atoms with Crippen molar-refractivity contribution in [3.8, 4) is 16.9 Å². The lowest BCUT2D eigenvalue weighted by atomic mass is 9.99. The van der Waals surface area contributed by atoms with Crippen LogP contribution in [0.2, 0.25) is 0 Å². The van der Waals surface area contributed by atoms with Crippen LogP contribution in [0.15, 0.2) is 84.5 Å². The van der Waals surface area contributed by atoms with Gasteiger partial charge in [0.25, 0.3) is 0 Å². The van der Waals surface area contributed by atoms with Crippen molar-refractivity contribution in [3.05, 3.63) is 106 Å². The second kappa shape index (κ2) is 10.8. The number of carboxylic acid groups (broad SMARTS) is 1. The van der Waals surface area contributed by atoms with E-state index in [1.807, 2.05) is 47.8 Å². The molecule has 0 amide bonds. The molecule has 186 valence electrons. The van der Waals surface area contributed by atoms with E-state index in [2.05, 4.69) is 59.5 Å². The van der Waals surface area contributed by atoms with E-state index in [-0.39, 0.29) is 6.04 Å². The summed E-state index contributed by atoms with van der Waals surface area (Å²) in [4.78, 5) is 21.2. The van der Waals surface area contributed by atoms with Gasteiger partial charge in [-0.1, -0.05) is 60.7 Å². The first-order valence-electron chi connectivity index (χ1n) is 12.1. The number of ether oxygens (including phenoxy) is 1. The van der Waals surface area contributed by atoms with Crippen molar-refractivity contribution in [1.82, 2.24) is 9.97 Å². The summed E-state index contributed by atoms with van der Waals surface area (Å²) >= 11 is 1.53. The Kier molecular flexibility index (Phi) is 7.14. The normalized spacial score (nSPS) is 11.1. The van der Waals surface area contributed by atoms with Gasteiger partial charge in [0.2, 0.25) is 0 Å². The zero-order valence-electron chi connectivity index (χ0n) is 20.6. The number of hydrogen-bond acceptors (Lipinski definition) is 6. The van der Waals surface area contributed by atoms with Crippen LogP contribution in [0.5, 0.6) is 5.75 Å². The van der Waals surface area contributed by atoms with E-state index >= 15 is 0 Å². The quantitative estimate of drug-likeness (QED) is 0.212. The van der Waals surface area contributed by atoms with Crippen molar-refractivity contribution in [2.75, 3.05) is 5.32 Å². The molecule has 37 heavy (non-hydrogen) atoms. The molecule has 0 saturated heterocycles. The summed E-state index contributed by atoms with van der Waals surface area (Å²) in [6.07, 6.45) is 1.47. The third-order valence-electron chi connectivity index (χ3n) is 6.00. The van der Waals surface area contributed by atoms with Crippen molar-refractivity contribution in [2.24, 2.45) is 0 Å². The molecule has 5 rings (SSSR count). The summed E-state index contributed by atoms with van der Waals surface area (Å²) in [6, 6.07) is 24.7. The first kappa shape index (κ1) is 24.5. The molecule has 5 aromatic rings. The maximum Gasteiger partial charge on any atom is 0.511 e. The highest BCUT2D eigenvalue weighted by Crippen LogP contribution is 2.35. The lowest BCUT2D eigenvalue weighted by Crippen LogP contribution is -2.11. The Morgan fingerprint density at radius 2 is 1.73 bits per heavy atom. The molecule has 0 aliphatic rings. The zero-order valence-corrected chi connectivity index (χ0v) is 21.5. The number of benzene rings is 3. The van der Waals surface area contributed by atoms with Gasteiger partial charge in [0.05, 0.1) is 10.4 Å². The van der Waals surface area contributed by atoms with Gasteiger partial charge in [-0.2, -0.15) is 0 Å². The van der Waals surface area contributed by atoms with Crippen molar-refractivity contribution >= 4 is 34.2 Å². The van der Waals surface area contributed by atoms with Gasteiger partial charge in [0, 0.05) is 29.8 Å². The molecule has 0 bridgehead atoms. The van der Waals surface area contributed by atoms with Crippen LogP contribution in [0.25, 0.3) is 22.0 Å². The Morgan fingerprint density at radius 1 is 0.946 bits per heavy atom. The highest BCUT2D eigenvalue weighted by Gasteiger charge is 2.18. The van der Waals surface area contributed by atoms with Gasteiger partial charge < -0.3 is 15.2 Å². The van der Waals surface area contributed by atoms with Gasteiger partial charge in [0.1, 0.15) is 12.1 Å². The van der Waals surface area contributed by atoms with Crippen LogP contribution in [-0.4, -0.2) is 27.3 Å². The van der Waals surface area contributed by atoms with E-state index in [1.165, 1.54) is 11.3 Å². The largest absolute Gasteiger partial charge is 0.511 e. The third kappa shape index (κ3) is 5.78. The number of aromatic nitrogens is 2. The number of thiophene rings is 1. The van der Waals surface area contributed by atoms with Gasteiger partial charge in [-0.15, -0.1) is 11.3 Å². The molecule has 0 aliphatic carbocycles. The van der Waals surface area contributed by atoms with E-state index < -0.39 is 6.16 Å². The van der Waals surface area contributed by atoms with Gasteiger partial charge in [0.15, 0.2) is 5.75 Å². The maximum atomic E-state index is 11.5. The highest BCUT2D eigenvalue weighted by atomic mass is 32.1. The molecule has 7 heteroatoms. The summed E-state index contributed by atoms with van der Waals surface area (Å²) in [5.74, 6) is 1.26. The molecule has 3 aromatic carbocycles. The molecule has 0 fully saturated rings. The van der Waals surface area contributed by atoms with E-state index in [4.69, 9.17) is 4.74 Å². The van der Waals surface area contributed by atoms with Crippen LogP contribution >= 0.6 is 11.3 Å². The highest BCUT2D eigenvalue weighted by molar-refractivity contribution is 7.10. The molecular weight excluding hydrogens is 482 g/mol. The second-order valence-electron chi connectivity index (χ2n) is 9.17. The monoisotopic (exact) mass is 509 g/mol. The van der Waals surface area contributed by atoms with Crippen LogP contribution in [0, 0.1) is 0 Å². The van der Waals surface area contributed by atoms with Gasteiger partial charge in [-0.3, -0.25) is 0 Å². The Balaban J connectivity index is 1.45. The fourth-order valence-electron chi connectivity index (χ4n) is 4.37. The Morgan fingerprint density at radius 3 is 2.51 bits per heavy atom. The van der Waals surface area contributed by atoms with Crippen molar-refractivity contribution in [3.63, 3.8) is 0 Å². The minimum atomic E-state index is -1.30. The van der Waals surface area contributed by atoms with Crippen LogP contribution in [0.4, 0.5) is 10.6 Å². The van der Waals surface area contributed by atoms with E-state index in [0.717, 1.165) is 49.4 Å². The average Bonchev–Trinajstić information content (AvgIpc) is 3.24. The number of carbonyl (C=O) groups is 1. The molecule has 2 N–H and O–H groups in total. The first-order chi connectivity index (χ1) is 18.0. The summed E-state index contributed by atoms with van der Waals surface area (Å²) in [5, 5.41) is 15.8. The lowest BCUT2D eigenvalue weighted by Gasteiger charge is -2.12. The summed E-state index contributed by atoms with van der Waals surface area (Å²) < 4.78 is 5.27. The number of nitrogens with one attached hydrogen (secondary N) is 1. The summed E-state index contributed by atoms with van der Waals surface area (Å²) in [7, 11) is 0. The van der Waals surface area contributed by atoms with Crippen LogP contribution < -0.4 is 10.1 Å². The average molecular weight is 510 g/mol. The molecule has 0 saturated carbocycles. The topological polar surface area (TPSA) is 84.3 Å². The zero-order chi connectivity index (χ0) is 25.8. The predicted molar refractivity (Wildman–Crippen MR) is 149 cm³/mol. The fourth-order valence-corrected chi connectivity index (χ4v) is 5.37. The Hall–Kier alpha value is -4.23. The van der Waals surface area contributed by atoms with Crippen LogP contribution in [-0.2, 0) is 12.8 Å². The van der Waals surface area contributed by atoms with Crippen molar-refractivity contribution < 1.29 is 14.6 Å². The minimum Gasteiger partial charge on any atom is -0.449 e. The molecule has 0 aliphatic heterocycles. The summed E-state index contributed by atoms with van der Waals surface area (Å²) in [6.45, 7) is 4.17. The molecule has 0 radical (unpaired) electrons. The van der Waals surface area contributed by atoms with E-state index in [0.29, 0.717) is 18.6 Å². The van der Waals surface area contributed by atoms with Crippen molar-refractivity contribution in [1.29, 1.82) is 0 Å². The maximum absolute atomic E-state index is 11.5. The molecule has 0 unspecified atom stereocenters. The van der Waals surface area contributed by atoms with Crippen molar-refractivity contribution in [2.45, 2.75) is 32.7 Å². The van der Waals surface area contributed by atoms with Gasteiger partial charge in [-0.25, -0.2) is 14.8 Å². The third-order valence-corrected chi connectivity index (χ3v) is 7.02. The van der Waals surface area contributed by atoms with Crippen LogP contribution in [0.3, 0.4) is 0 Å². The molecule has 0 atom stereocenters. The molecule has 6 nitrogen and oxygen atoms in total. The van der Waals surface area contributed by atoms with Crippen LogP contribution in [0.1, 0.15) is 35.4 Å². The minimum absolute atomic E-state index is 0.255. The van der Waals surface area contributed by atoms with Gasteiger partial charge in [-0.05, 0) is 53.6 Å². The smallest absolute Gasteiger partial charge is 0.449 e. The molecule has 2 heterocycles.